The third-order valence-corrected chi connectivity index (χ3v) is 8.82. The summed E-state index contributed by atoms with van der Waals surface area (Å²) in [6.45, 7) is 9.88. The highest BCUT2D eigenvalue weighted by atomic mass is 32.2. The van der Waals surface area contributed by atoms with Gasteiger partial charge in [0.05, 0.1) is 18.0 Å². The van der Waals surface area contributed by atoms with Gasteiger partial charge in [0, 0.05) is 24.3 Å². The molecule has 0 unspecified atom stereocenters. The largest absolute Gasteiger partial charge is 0.461 e. The molecule has 192 valence electrons. The Morgan fingerprint density at radius 3 is 2.23 bits per heavy atom. The number of esters is 1. The number of benzene rings is 1. The van der Waals surface area contributed by atoms with Gasteiger partial charge in [-0.2, -0.15) is 4.31 Å². The van der Waals surface area contributed by atoms with Crippen molar-refractivity contribution in [3.05, 3.63) is 52.3 Å². The van der Waals surface area contributed by atoms with Crippen LogP contribution in [0.4, 0.5) is 0 Å². The predicted octanol–water partition coefficient (Wildman–Crippen LogP) is 5.06. The Balaban J connectivity index is 1.99. The van der Waals surface area contributed by atoms with Crippen molar-refractivity contribution in [2.75, 3.05) is 19.7 Å². The van der Waals surface area contributed by atoms with Gasteiger partial charge in [-0.25, -0.2) is 13.2 Å². The van der Waals surface area contributed by atoms with Gasteiger partial charge in [0.15, 0.2) is 5.78 Å². The van der Waals surface area contributed by atoms with Crippen LogP contribution in [0.2, 0.25) is 0 Å². The topological polar surface area (TPSA) is 85.7 Å². The van der Waals surface area contributed by atoms with Crippen molar-refractivity contribution in [2.45, 2.75) is 78.2 Å². The van der Waals surface area contributed by atoms with Crippen molar-refractivity contribution in [1.82, 2.24) is 8.87 Å². The van der Waals surface area contributed by atoms with E-state index in [9.17, 15) is 18.0 Å². The average Bonchev–Trinajstić information content (AvgIpc) is 3.09. The van der Waals surface area contributed by atoms with Gasteiger partial charge in [-0.1, -0.05) is 37.0 Å². The quantitative estimate of drug-likeness (QED) is 0.335. The zero-order valence-corrected chi connectivity index (χ0v) is 22.4. The van der Waals surface area contributed by atoms with Crippen molar-refractivity contribution >= 4 is 21.8 Å². The molecule has 1 aliphatic rings. The molecule has 0 N–H and O–H groups in total. The van der Waals surface area contributed by atoms with E-state index in [0.717, 1.165) is 31.2 Å². The SMILES string of the molecule is CCOC(=O)c1c(C)c(C(=O)CN(CC2CCCCC2)S(=O)(=O)c2ccc(C)cc2)c(C)n1CC. The van der Waals surface area contributed by atoms with E-state index in [0.29, 0.717) is 35.6 Å². The molecule has 1 heterocycles. The van der Waals surface area contributed by atoms with Crippen molar-refractivity contribution < 1.29 is 22.7 Å². The monoisotopic (exact) mass is 502 g/mol. The number of aromatic nitrogens is 1. The van der Waals surface area contributed by atoms with Gasteiger partial charge in [-0.15, -0.1) is 0 Å². The lowest BCUT2D eigenvalue weighted by Crippen LogP contribution is -2.39. The first-order chi connectivity index (χ1) is 16.6. The van der Waals surface area contributed by atoms with Gasteiger partial charge >= 0.3 is 5.97 Å². The van der Waals surface area contributed by atoms with Gasteiger partial charge < -0.3 is 9.30 Å². The van der Waals surface area contributed by atoms with Crippen LogP contribution < -0.4 is 0 Å². The van der Waals surface area contributed by atoms with Crippen LogP contribution >= 0.6 is 0 Å². The van der Waals surface area contributed by atoms with Crippen molar-refractivity contribution in [1.29, 1.82) is 0 Å². The number of carbonyl (C=O) groups excluding carboxylic acids is 2. The summed E-state index contributed by atoms with van der Waals surface area (Å²) in [7, 11) is -3.87. The minimum Gasteiger partial charge on any atom is -0.461 e. The third-order valence-electron chi connectivity index (χ3n) is 7.00. The summed E-state index contributed by atoms with van der Waals surface area (Å²) in [4.78, 5) is 26.5. The summed E-state index contributed by atoms with van der Waals surface area (Å²) in [5.41, 5.74) is 2.93. The fourth-order valence-corrected chi connectivity index (χ4v) is 6.64. The number of ketones is 1. The fraction of sp³-hybridized carbons (Fsp3) is 0.556. The normalized spacial score (nSPS) is 14.9. The molecule has 35 heavy (non-hydrogen) atoms. The van der Waals surface area contributed by atoms with E-state index in [4.69, 9.17) is 4.74 Å². The van der Waals surface area contributed by atoms with Crippen LogP contribution in [0.1, 0.15) is 83.6 Å². The molecule has 1 fully saturated rings. The molecule has 0 bridgehead atoms. The van der Waals surface area contributed by atoms with Crippen LogP contribution in [-0.4, -0.2) is 48.7 Å². The molecule has 0 saturated heterocycles. The molecule has 7 nitrogen and oxygen atoms in total. The van der Waals surface area contributed by atoms with Gasteiger partial charge in [0.2, 0.25) is 10.0 Å². The Hall–Kier alpha value is -2.45. The Morgan fingerprint density at radius 1 is 1.03 bits per heavy atom. The van der Waals surface area contributed by atoms with Crippen LogP contribution in [0, 0.1) is 26.7 Å². The lowest BCUT2D eigenvalue weighted by Gasteiger charge is -2.29. The molecule has 0 spiro atoms. The smallest absolute Gasteiger partial charge is 0.355 e. The van der Waals surface area contributed by atoms with Crippen LogP contribution in [0.3, 0.4) is 0 Å². The highest BCUT2D eigenvalue weighted by Gasteiger charge is 2.33. The van der Waals surface area contributed by atoms with Gasteiger partial charge in [-0.3, -0.25) is 4.79 Å². The number of nitrogens with zero attached hydrogens (tertiary/aromatic N) is 2. The van der Waals surface area contributed by atoms with Crippen molar-refractivity contribution in [3.63, 3.8) is 0 Å². The Kier molecular flexibility index (Phi) is 8.94. The Bertz CT molecular complexity index is 1160. The van der Waals surface area contributed by atoms with E-state index >= 15 is 0 Å². The molecule has 1 aromatic heterocycles. The number of hydrogen-bond donors (Lipinski definition) is 0. The summed E-state index contributed by atoms with van der Waals surface area (Å²) < 4.78 is 35.7. The number of Topliss-reactive ketones (excluding diaryl/α,β-unsaturated/α-hetero) is 1. The Morgan fingerprint density at radius 2 is 1.66 bits per heavy atom. The minimum absolute atomic E-state index is 0.193. The summed E-state index contributed by atoms with van der Waals surface area (Å²) in [6, 6.07) is 6.75. The van der Waals surface area contributed by atoms with E-state index in [2.05, 4.69) is 0 Å². The van der Waals surface area contributed by atoms with Crippen molar-refractivity contribution in [2.24, 2.45) is 5.92 Å². The number of aryl methyl sites for hydroxylation is 1. The number of ether oxygens (including phenoxy) is 1. The molecular formula is C27H38N2O5S. The first kappa shape index (κ1) is 27.1. The number of sulfonamides is 1. The highest BCUT2D eigenvalue weighted by Crippen LogP contribution is 2.29. The standard InChI is InChI=1S/C27H38N2O5S/c1-6-29-21(5)25(20(4)26(29)27(31)34-7-2)24(30)18-28(17-22-11-9-8-10-12-22)35(32,33)23-15-13-19(3)14-16-23/h13-16,22H,6-12,17-18H2,1-5H3. The molecule has 1 aromatic carbocycles. The molecule has 0 aliphatic heterocycles. The summed E-state index contributed by atoms with van der Waals surface area (Å²) in [5.74, 6) is -0.543. The van der Waals surface area contributed by atoms with Crippen LogP contribution in [0.5, 0.6) is 0 Å². The van der Waals surface area contributed by atoms with Crippen LogP contribution in [0.15, 0.2) is 29.2 Å². The zero-order valence-electron chi connectivity index (χ0n) is 21.6. The summed E-state index contributed by atoms with van der Waals surface area (Å²) in [5, 5.41) is 0. The number of carbonyl (C=O) groups is 2. The number of hydrogen-bond acceptors (Lipinski definition) is 5. The highest BCUT2D eigenvalue weighted by molar-refractivity contribution is 7.89. The second-order valence-corrected chi connectivity index (χ2v) is 11.4. The molecule has 1 aliphatic carbocycles. The third kappa shape index (κ3) is 5.86. The number of rotatable bonds is 10. The first-order valence-corrected chi connectivity index (χ1v) is 14.0. The van der Waals surface area contributed by atoms with Gasteiger partial charge in [-0.05, 0) is 71.1 Å². The van der Waals surface area contributed by atoms with Crippen LogP contribution in [0.25, 0.3) is 0 Å². The zero-order chi connectivity index (χ0) is 25.8. The van der Waals surface area contributed by atoms with Crippen LogP contribution in [-0.2, 0) is 21.3 Å². The van der Waals surface area contributed by atoms with E-state index in [-0.39, 0.29) is 29.7 Å². The van der Waals surface area contributed by atoms with E-state index in [1.54, 1.807) is 49.6 Å². The minimum atomic E-state index is -3.87. The molecule has 2 aromatic rings. The summed E-state index contributed by atoms with van der Waals surface area (Å²) in [6.07, 6.45) is 5.26. The molecule has 0 radical (unpaired) electrons. The molecular weight excluding hydrogens is 464 g/mol. The van der Waals surface area contributed by atoms with Crippen molar-refractivity contribution in [3.8, 4) is 0 Å². The van der Waals surface area contributed by atoms with E-state index in [1.807, 2.05) is 13.8 Å². The maximum Gasteiger partial charge on any atom is 0.355 e. The first-order valence-electron chi connectivity index (χ1n) is 12.6. The molecule has 3 rings (SSSR count). The second kappa shape index (κ2) is 11.5. The average molecular weight is 503 g/mol. The van der Waals surface area contributed by atoms with E-state index in [1.165, 1.54) is 10.7 Å². The van der Waals surface area contributed by atoms with Gasteiger partial charge in [0.25, 0.3) is 0 Å². The second-order valence-electron chi connectivity index (χ2n) is 9.44. The summed E-state index contributed by atoms with van der Waals surface area (Å²) >= 11 is 0. The lowest BCUT2D eigenvalue weighted by molar-refractivity contribution is 0.0512. The molecule has 0 amide bonds. The molecule has 0 atom stereocenters. The predicted molar refractivity (Wildman–Crippen MR) is 136 cm³/mol. The van der Waals surface area contributed by atoms with Gasteiger partial charge in [0.1, 0.15) is 5.69 Å². The van der Waals surface area contributed by atoms with E-state index < -0.39 is 16.0 Å². The molecule has 8 heteroatoms. The maximum absolute atomic E-state index is 13.7. The molecule has 1 saturated carbocycles. The fourth-order valence-electron chi connectivity index (χ4n) is 5.17. The lowest BCUT2D eigenvalue weighted by atomic mass is 9.89. The Labute approximate surface area is 209 Å². The maximum atomic E-state index is 13.7.